The van der Waals surface area contributed by atoms with Crippen molar-refractivity contribution in [2.75, 3.05) is 29.9 Å². The van der Waals surface area contributed by atoms with Crippen molar-refractivity contribution in [2.45, 2.75) is 13.0 Å². The largest absolute Gasteiger partial charge is 0.325 e. The summed E-state index contributed by atoms with van der Waals surface area (Å²) >= 11 is 0. The average molecular weight is 307 g/mol. The molecule has 112 valence electrons. The molecule has 0 radical (unpaired) electrons. The van der Waals surface area contributed by atoms with Crippen LogP contribution >= 0.6 is 0 Å². The maximum absolute atomic E-state index is 11.4. The number of carbonyl (C=O) groups excluding carboxylic acids is 1. The number of rotatable bonds is 4. The Kier molecular flexibility index (Phi) is 4.94. The minimum absolute atomic E-state index is 0.163. The molecule has 1 saturated heterocycles. The van der Waals surface area contributed by atoms with E-state index in [1.54, 1.807) is 18.2 Å². The first-order valence-corrected chi connectivity index (χ1v) is 8.49. The Bertz CT molecular complexity index is 633. The highest BCUT2D eigenvalue weighted by Gasteiger charge is 2.21. The number of hydrogen-bond acceptors (Lipinski definition) is 5. The smallest absolute Gasteiger partial charge is 0.238 e. The van der Waals surface area contributed by atoms with E-state index in [4.69, 9.17) is 5.26 Å². The second-order valence-electron chi connectivity index (χ2n) is 5.01. The van der Waals surface area contributed by atoms with E-state index in [9.17, 15) is 13.2 Å². The van der Waals surface area contributed by atoms with Crippen molar-refractivity contribution in [1.82, 2.24) is 4.90 Å². The van der Waals surface area contributed by atoms with E-state index in [1.807, 2.05) is 12.1 Å². The maximum Gasteiger partial charge on any atom is 0.238 e. The standard InChI is InChI=1S/C14H17N3O3S/c15-6-5-14(18)16-13-3-1-12(2-4-13)11-17-7-9-21(19,20)10-8-17/h1-4H,5,7-11H2,(H,16,18). The van der Waals surface area contributed by atoms with Gasteiger partial charge < -0.3 is 5.32 Å². The summed E-state index contributed by atoms with van der Waals surface area (Å²) in [5.41, 5.74) is 1.72. The van der Waals surface area contributed by atoms with Gasteiger partial charge in [0.25, 0.3) is 0 Å². The highest BCUT2D eigenvalue weighted by molar-refractivity contribution is 7.91. The molecule has 0 atom stereocenters. The fourth-order valence-corrected chi connectivity index (χ4v) is 3.41. The van der Waals surface area contributed by atoms with Crippen LogP contribution in [-0.4, -0.2) is 43.8 Å². The Labute approximate surface area is 124 Å². The molecule has 0 aliphatic carbocycles. The van der Waals surface area contributed by atoms with Crippen LogP contribution in [0.1, 0.15) is 12.0 Å². The fraction of sp³-hybridized carbons (Fsp3) is 0.429. The quantitative estimate of drug-likeness (QED) is 0.887. The number of benzene rings is 1. The van der Waals surface area contributed by atoms with Crippen LogP contribution in [0.2, 0.25) is 0 Å². The minimum atomic E-state index is -2.85. The van der Waals surface area contributed by atoms with E-state index in [0.717, 1.165) is 5.56 Å². The molecule has 1 aliphatic rings. The van der Waals surface area contributed by atoms with Crippen LogP contribution < -0.4 is 5.32 Å². The van der Waals surface area contributed by atoms with Crippen molar-refractivity contribution >= 4 is 21.4 Å². The summed E-state index contributed by atoms with van der Waals surface area (Å²) in [5.74, 6) is 0.108. The number of nitrogens with zero attached hydrogens (tertiary/aromatic N) is 2. The summed E-state index contributed by atoms with van der Waals surface area (Å²) in [7, 11) is -2.85. The molecule has 6 nitrogen and oxygen atoms in total. The van der Waals surface area contributed by atoms with Gasteiger partial charge in [-0.15, -0.1) is 0 Å². The second-order valence-corrected chi connectivity index (χ2v) is 7.31. The summed E-state index contributed by atoms with van der Waals surface area (Å²) in [6.45, 7) is 1.81. The minimum Gasteiger partial charge on any atom is -0.325 e. The molecule has 1 aromatic carbocycles. The molecule has 0 unspecified atom stereocenters. The zero-order chi connectivity index (χ0) is 15.3. The van der Waals surface area contributed by atoms with Crippen molar-refractivity contribution < 1.29 is 13.2 Å². The molecular formula is C14H17N3O3S. The molecule has 0 aromatic heterocycles. The van der Waals surface area contributed by atoms with Crippen LogP contribution in [0.4, 0.5) is 5.69 Å². The van der Waals surface area contributed by atoms with Crippen LogP contribution in [0.5, 0.6) is 0 Å². The molecule has 1 N–H and O–H groups in total. The number of anilines is 1. The SMILES string of the molecule is N#CCC(=O)Nc1ccc(CN2CCS(=O)(=O)CC2)cc1. The monoisotopic (exact) mass is 307 g/mol. The molecular weight excluding hydrogens is 290 g/mol. The molecule has 1 amide bonds. The highest BCUT2D eigenvalue weighted by atomic mass is 32.2. The van der Waals surface area contributed by atoms with Crippen LogP contribution in [-0.2, 0) is 21.2 Å². The Balaban J connectivity index is 1.88. The lowest BCUT2D eigenvalue weighted by atomic mass is 10.2. The molecule has 1 aliphatic heterocycles. The van der Waals surface area contributed by atoms with Gasteiger partial charge in [-0.2, -0.15) is 5.26 Å². The van der Waals surface area contributed by atoms with E-state index in [0.29, 0.717) is 25.3 Å². The van der Waals surface area contributed by atoms with Gasteiger partial charge in [-0.1, -0.05) is 12.1 Å². The lowest BCUT2D eigenvalue weighted by Gasteiger charge is -2.26. The molecule has 0 bridgehead atoms. The molecule has 2 rings (SSSR count). The molecule has 7 heteroatoms. The average Bonchev–Trinajstić information content (AvgIpc) is 2.43. The normalized spacial score (nSPS) is 17.9. The lowest BCUT2D eigenvalue weighted by Crippen LogP contribution is -2.39. The first-order valence-electron chi connectivity index (χ1n) is 6.67. The third kappa shape index (κ3) is 4.85. The van der Waals surface area contributed by atoms with Crippen LogP contribution in [0.15, 0.2) is 24.3 Å². The van der Waals surface area contributed by atoms with Gasteiger partial charge in [0.15, 0.2) is 9.84 Å². The molecule has 1 fully saturated rings. The van der Waals surface area contributed by atoms with Crippen molar-refractivity contribution in [2.24, 2.45) is 0 Å². The summed E-state index contributed by atoms with van der Waals surface area (Å²) in [5, 5.41) is 11.0. The van der Waals surface area contributed by atoms with E-state index < -0.39 is 9.84 Å². The topological polar surface area (TPSA) is 90.3 Å². The third-order valence-electron chi connectivity index (χ3n) is 3.32. The van der Waals surface area contributed by atoms with E-state index in [-0.39, 0.29) is 23.8 Å². The van der Waals surface area contributed by atoms with Gasteiger partial charge in [-0.25, -0.2) is 8.42 Å². The van der Waals surface area contributed by atoms with Crippen molar-refractivity contribution in [3.05, 3.63) is 29.8 Å². The lowest BCUT2D eigenvalue weighted by molar-refractivity contribution is -0.115. The van der Waals surface area contributed by atoms with Gasteiger partial charge in [-0.05, 0) is 17.7 Å². The Hall–Kier alpha value is -1.91. The zero-order valence-corrected chi connectivity index (χ0v) is 12.4. The van der Waals surface area contributed by atoms with Gasteiger partial charge in [0.1, 0.15) is 6.42 Å². The summed E-state index contributed by atoms with van der Waals surface area (Å²) in [6, 6.07) is 9.15. The van der Waals surface area contributed by atoms with E-state index in [1.165, 1.54) is 0 Å². The van der Waals surface area contributed by atoms with Crippen molar-refractivity contribution in [1.29, 1.82) is 5.26 Å². The molecule has 0 spiro atoms. The Morgan fingerprint density at radius 1 is 1.24 bits per heavy atom. The fourth-order valence-electron chi connectivity index (χ4n) is 2.14. The first-order chi connectivity index (χ1) is 9.98. The number of carbonyl (C=O) groups is 1. The predicted molar refractivity (Wildman–Crippen MR) is 79.2 cm³/mol. The van der Waals surface area contributed by atoms with Gasteiger partial charge in [0.2, 0.25) is 5.91 Å². The summed E-state index contributed by atoms with van der Waals surface area (Å²) < 4.78 is 22.7. The molecule has 1 aromatic rings. The van der Waals surface area contributed by atoms with Crippen LogP contribution in [0.25, 0.3) is 0 Å². The Morgan fingerprint density at radius 2 is 1.86 bits per heavy atom. The van der Waals surface area contributed by atoms with Crippen molar-refractivity contribution in [3.63, 3.8) is 0 Å². The van der Waals surface area contributed by atoms with Crippen molar-refractivity contribution in [3.8, 4) is 6.07 Å². The summed E-state index contributed by atoms with van der Waals surface area (Å²) in [6.07, 6.45) is -0.163. The molecule has 21 heavy (non-hydrogen) atoms. The summed E-state index contributed by atoms with van der Waals surface area (Å²) in [4.78, 5) is 13.4. The van der Waals surface area contributed by atoms with Crippen LogP contribution in [0, 0.1) is 11.3 Å². The second kappa shape index (κ2) is 6.70. The number of hydrogen-bond donors (Lipinski definition) is 1. The van der Waals surface area contributed by atoms with Gasteiger partial charge in [-0.3, -0.25) is 9.69 Å². The number of amides is 1. The molecule has 1 heterocycles. The number of nitrogens with one attached hydrogen (secondary N) is 1. The highest BCUT2D eigenvalue weighted by Crippen LogP contribution is 2.13. The zero-order valence-electron chi connectivity index (χ0n) is 11.6. The van der Waals surface area contributed by atoms with Gasteiger partial charge >= 0.3 is 0 Å². The van der Waals surface area contributed by atoms with E-state index >= 15 is 0 Å². The first kappa shape index (κ1) is 15.5. The third-order valence-corrected chi connectivity index (χ3v) is 4.93. The predicted octanol–water partition coefficient (Wildman–Crippen LogP) is 0.769. The number of nitriles is 1. The van der Waals surface area contributed by atoms with E-state index in [2.05, 4.69) is 10.2 Å². The molecule has 0 saturated carbocycles. The maximum atomic E-state index is 11.4. The number of sulfone groups is 1. The van der Waals surface area contributed by atoms with Crippen LogP contribution in [0.3, 0.4) is 0 Å². The Morgan fingerprint density at radius 3 is 2.43 bits per heavy atom. The van der Waals surface area contributed by atoms with Gasteiger partial charge in [0.05, 0.1) is 17.6 Å². The van der Waals surface area contributed by atoms with Gasteiger partial charge in [0, 0.05) is 25.3 Å².